The van der Waals surface area contributed by atoms with Crippen molar-refractivity contribution in [2.45, 2.75) is 4.45 Å². The third kappa shape index (κ3) is 4.07. The third-order valence-corrected chi connectivity index (χ3v) is 5.95. The molecule has 4 rings (SSSR count). The number of rotatable bonds is 5. The first-order chi connectivity index (χ1) is 14.5. The Morgan fingerprint density at radius 2 is 1.61 bits per heavy atom. The van der Waals surface area contributed by atoms with Gasteiger partial charge in [0.1, 0.15) is 23.6 Å². The summed E-state index contributed by atoms with van der Waals surface area (Å²) in [7, 11) is 11.2. The van der Waals surface area contributed by atoms with Crippen LogP contribution >= 0.6 is 0 Å². The van der Waals surface area contributed by atoms with Crippen molar-refractivity contribution in [2.75, 3.05) is 4.72 Å². The number of fused-ring (bicyclic) bond motifs is 1. The smallest absolute Gasteiger partial charge is 0.214 e. The van der Waals surface area contributed by atoms with Gasteiger partial charge < -0.3 is 4.98 Å². The summed E-state index contributed by atoms with van der Waals surface area (Å²) in [5, 5.41) is 0.597. The molecule has 4 aromatic rings. The van der Waals surface area contributed by atoms with Crippen LogP contribution in [0.1, 0.15) is 0 Å². The fraction of sp³-hybridized carbons (Fsp3) is 0.0526. The van der Waals surface area contributed by atoms with Gasteiger partial charge in [0.15, 0.2) is 0 Å². The monoisotopic (exact) mass is 430 g/mol. The second-order valence-electron chi connectivity index (χ2n) is 6.83. The number of H-pyrrole nitrogens is 1. The van der Waals surface area contributed by atoms with Crippen molar-refractivity contribution in [3.63, 3.8) is 0 Å². The van der Waals surface area contributed by atoms with Gasteiger partial charge >= 0.3 is 0 Å². The lowest BCUT2D eigenvalue weighted by atomic mass is 9.56. The number of sulfonamides is 1. The summed E-state index contributed by atoms with van der Waals surface area (Å²) in [5.41, 5.74) is 2.31. The molecule has 2 N–H and O–H groups in total. The molecule has 0 spiro atoms. The average Bonchev–Trinajstić information content (AvgIpc) is 3.13. The highest BCUT2D eigenvalue weighted by atomic mass is 32.2. The van der Waals surface area contributed by atoms with Gasteiger partial charge in [-0.25, -0.2) is 27.2 Å². The second-order valence-corrected chi connectivity index (χ2v) is 8.75. The van der Waals surface area contributed by atoms with Gasteiger partial charge in [-0.2, -0.15) is 0 Å². The SMILES string of the molecule is [B]C([B])([B])S(=O)(=O)Nc1ccc(-c2ncnc3[nH]c(-c4ccc(F)cc4)cc23)cc1F. The molecule has 0 amide bonds. The van der Waals surface area contributed by atoms with Crippen LogP contribution in [-0.2, 0) is 10.0 Å². The number of hydrogen-bond acceptors (Lipinski definition) is 4. The molecular weight excluding hydrogens is 419 g/mol. The summed E-state index contributed by atoms with van der Waals surface area (Å²) in [4.78, 5) is 11.5. The van der Waals surface area contributed by atoms with Crippen molar-refractivity contribution in [3.05, 3.63) is 66.5 Å². The van der Waals surface area contributed by atoms with E-state index in [9.17, 15) is 17.2 Å². The fourth-order valence-corrected chi connectivity index (χ4v) is 3.57. The van der Waals surface area contributed by atoms with Gasteiger partial charge in [0.05, 0.1) is 34.9 Å². The van der Waals surface area contributed by atoms with E-state index in [2.05, 4.69) is 15.0 Å². The number of benzene rings is 2. The number of nitrogens with one attached hydrogen (secondary N) is 2. The minimum atomic E-state index is -4.43. The van der Waals surface area contributed by atoms with E-state index in [1.807, 2.05) is 4.72 Å². The summed E-state index contributed by atoms with van der Waals surface area (Å²) in [5.74, 6) is -1.24. The lowest BCUT2D eigenvalue weighted by Crippen LogP contribution is -2.44. The third-order valence-electron chi connectivity index (χ3n) is 4.53. The van der Waals surface area contributed by atoms with E-state index in [-0.39, 0.29) is 11.5 Å². The first kappa shape index (κ1) is 21.1. The molecule has 148 valence electrons. The quantitative estimate of drug-likeness (QED) is 0.477. The molecule has 0 bridgehead atoms. The first-order valence-electron chi connectivity index (χ1n) is 8.84. The minimum absolute atomic E-state index is 0.359. The highest BCUT2D eigenvalue weighted by Crippen LogP contribution is 2.31. The summed E-state index contributed by atoms with van der Waals surface area (Å²) >= 11 is 0. The maximum absolute atomic E-state index is 14.6. The van der Waals surface area contributed by atoms with Crippen LogP contribution in [0.15, 0.2) is 54.9 Å². The molecule has 0 aliphatic carbocycles. The zero-order valence-electron chi connectivity index (χ0n) is 15.8. The minimum Gasteiger partial charge on any atom is -0.339 e. The predicted octanol–water partition coefficient (Wildman–Crippen LogP) is 2.43. The molecule has 0 aliphatic rings. The molecule has 6 nitrogen and oxygen atoms in total. The second kappa shape index (κ2) is 7.53. The molecule has 6 radical (unpaired) electrons. The molecule has 12 heteroatoms. The van der Waals surface area contributed by atoms with Gasteiger partial charge in [-0.3, -0.25) is 4.72 Å². The Morgan fingerprint density at radius 3 is 2.26 bits per heavy atom. The molecule has 31 heavy (non-hydrogen) atoms. The highest BCUT2D eigenvalue weighted by molar-refractivity contribution is 7.98. The van der Waals surface area contributed by atoms with Crippen molar-refractivity contribution in [2.24, 2.45) is 0 Å². The van der Waals surface area contributed by atoms with E-state index < -0.39 is 20.3 Å². The van der Waals surface area contributed by atoms with E-state index in [0.717, 1.165) is 11.6 Å². The van der Waals surface area contributed by atoms with E-state index in [4.69, 9.17) is 23.5 Å². The van der Waals surface area contributed by atoms with Gasteiger partial charge in [-0.05, 0) is 52.5 Å². The van der Waals surface area contributed by atoms with Crippen LogP contribution in [0.5, 0.6) is 0 Å². The molecule has 0 saturated carbocycles. The number of nitrogens with zero attached hydrogens (tertiary/aromatic N) is 2. The zero-order valence-corrected chi connectivity index (χ0v) is 16.6. The van der Waals surface area contributed by atoms with E-state index in [1.54, 1.807) is 18.2 Å². The Bertz CT molecular complexity index is 1390. The topological polar surface area (TPSA) is 87.7 Å². The molecule has 2 heterocycles. The van der Waals surface area contributed by atoms with Crippen molar-refractivity contribution in [1.29, 1.82) is 0 Å². The van der Waals surface area contributed by atoms with Gasteiger partial charge in [0, 0.05) is 16.6 Å². The predicted molar refractivity (Wildman–Crippen MR) is 117 cm³/mol. The highest BCUT2D eigenvalue weighted by Gasteiger charge is 2.28. The van der Waals surface area contributed by atoms with Crippen LogP contribution in [-0.4, -0.2) is 51.4 Å². The molecule has 2 aromatic heterocycles. The van der Waals surface area contributed by atoms with Gasteiger partial charge in [-0.15, -0.1) is 0 Å². The molecule has 0 aliphatic heterocycles. The summed E-state index contributed by atoms with van der Waals surface area (Å²) < 4.78 is 51.1. The summed E-state index contributed by atoms with van der Waals surface area (Å²) in [6.07, 6.45) is 1.31. The van der Waals surface area contributed by atoms with E-state index in [1.165, 1.54) is 30.6 Å². The van der Waals surface area contributed by atoms with Crippen LogP contribution < -0.4 is 4.72 Å². The van der Waals surface area contributed by atoms with Gasteiger partial charge in [-0.1, -0.05) is 6.07 Å². The molecule has 0 atom stereocenters. The van der Waals surface area contributed by atoms with Gasteiger partial charge in [0.25, 0.3) is 0 Å². The first-order valence-corrected chi connectivity index (χ1v) is 10.3. The molecule has 2 aromatic carbocycles. The Labute approximate surface area is 180 Å². The number of hydrogen-bond donors (Lipinski definition) is 2. The number of aromatic amines is 1. The van der Waals surface area contributed by atoms with E-state index in [0.29, 0.717) is 28.0 Å². The van der Waals surface area contributed by atoms with Crippen LogP contribution in [0, 0.1) is 11.6 Å². The molecular formula is C19H11B3F2N4O2S. The van der Waals surface area contributed by atoms with Crippen LogP contribution in [0.2, 0.25) is 0 Å². The molecule has 0 unspecified atom stereocenters. The standard InChI is InChI=1S/C19H11B3F2N4O2S/c20-19(21,22)31(29,30)28-15-6-3-11(7-14(15)24)17-13-8-16(27-18(13)26-9-25-17)10-1-4-12(23)5-2-10/h1-9,28H,(H,25,26,27). The average molecular weight is 430 g/mol. The van der Waals surface area contributed by atoms with Crippen molar-refractivity contribution in [3.8, 4) is 22.5 Å². The number of halogens is 2. The largest absolute Gasteiger partial charge is 0.339 e. The van der Waals surface area contributed by atoms with Gasteiger partial charge in [0.2, 0.25) is 10.0 Å². The fourth-order valence-electron chi connectivity index (χ4n) is 2.93. The number of aromatic nitrogens is 3. The van der Waals surface area contributed by atoms with Crippen LogP contribution in [0.3, 0.4) is 0 Å². The summed E-state index contributed by atoms with van der Waals surface area (Å²) in [6, 6.07) is 11.4. The van der Waals surface area contributed by atoms with Crippen LogP contribution in [0.4, 0.5) is 14.5 Å². The normalized spacial score (nSPS) is 12.2. The zero-order chi connectivity index (χ0) is 22.4. The number of anilines is 1. The molecule has 0 saturated heterocycles. The maximum atomic E-state index is 14.6. The van der Waals surface area contributed by atoms with Crippen molar-refractivity contribution >= 4 is 50.3 Å². The van der Waals surface area contributed by atoms with Crippen LogP contribution in [0.25, 0.3) is 33.5 Å². The Balaban J connectivity index is 1.74. The summed E-state index contributed by atoms with van der Waals surface area (Å²) in [6.45, 7) is 0. The van der Waals surface area contributed by atoms with Crippen molar-refractivity contribution < 1.29 is 17.2 Å². The van der Waals surface area contributed by atoms with Crippen molar-refractivity contribution in [1.82, 2.24) is 15.0 Å². The lowest BCUT2D eigenvalue weighted by Gasteiger charge is -2.22. The Kier molecular flexibility index (Phi) is 5.13. The lowest BCUT2D eigenvalue weighted by molar-refractivity contribution is 0.599. The Hall–Kier alpha value is -3.14. The molecule has 0 fully saturated rings. The Morgan fingerprint density at radius 1 is 0.935 bits per heavy atom. The van der Waals surface area contributed by atoms with E-state index >= 15 is 0 Å². The maximum Gasteiger partial charge on any atom is 0.214 e.